The fourth-order valence-corrected chi connectivity index (χ4v) is 10.6. The fourth-order valence-electron chi connectivity index (χ4n) is 10.6. The quantitative estimate of drug-likeness (QED) is 0.478. The van der Waals surface area contributed by atoms with Crippen molar-refractivity contribution in [2.24, 2.45) is 35.5 Å². The van der Waals surface area contributed by atoms with Crippen LogP contribution in [0.15, 0.2) is 0 Å². The van der Waals surface area contributed by atoms with Gasteiger partial charge in [0.05, 0.1) is 0 Å². The Balaban J connectivity index is 1.01. The minimum atomic E-state index is -0.626. The van der Waals surface area contributed by atoms with Gasteiger partial charge >= 0.3 is 18.1 Å². The average molecular weight is 499 g/mol. The lowest BCUT2D eigenvalue weighted by Gasteiger charge is -2.57. The SMILES string of the molecule is CN1C(=O)N(C)[C@@H](NC(=O)NC23CC4CC(CC(C4)C2)C3)[C@@H]1NC(=O)NC12CC3CC(CC(C3)C1)C2. The Labute approximate surface area is 213 Å². The molecule has 0 aromatic heterocycles. The zero-order chi connectivity index (χ0) is 24.8. The summed E-state index contributed by atoms with van der Waals surface area (Å²) in [5.41, 5.74) is -0.213. The van der Waals surface area contributed by atoms with Crippen LogP contribution in [0.2, 0.25) is 0 Å². The van der Waals surface area contributed by atoms with Gasteiger partial charge in [0.1, 0.15) is 12.3 Å². The molecule has 0 unspecified atom stereocenters. The first-order valence-electron chi connectivity index (χ1n) is 14.4. The number of likely N-dealkylation sites (N-methyl/N-ethyl adjacent to an activating group) is 2. The molecule has 1 saturated heterocycles. The van der Waals surface area contributed by atoms with E-state index in [1.165, 1.54) is 48.3 Å². The van der Waals surface area contributed by atoms with Crippen LogP contribution in [0.4, 0.5) is 14.4 Å². The molecule has 9 heteroatoms. The van der Waals surface area contributed by atoms with Crippen molar-refractivity contribution in [3.8, 4) is 0 Å². The summed E-state index contributed by atoms with van der Waals surface area (Å²) in [6, 6.07) is -0.675. The molecule has 9 nitrogen and oxygen atoms in total. The molecular formula is C27H42N6O3. The summed E-state index contributed by atoms with van der Waals surface area (Å²) in [6.07, 6.45) is 13.1. The van der Waals surface area contributed by atoms with Crippen molar-refractivity contribution < 1.29 is 14.4 Å². The van der Waals surface area contributed by atoms with Gasteiger partial charge < -0.3 is 31.1 Å². The molecular weight excluding hydrogens is 456 g/mol. The van der Waals surface area contributed by atoms with Crippen LogP contribution >= 0.6 is 0 Å². The first-order valence-corrected chi connectivity index (χ1v) is 14.4. The van der Waals surface area contributed by atoms with Gasteiger partial charge in [0.2, 0.25) is 0 Å². The van der Waals surface area contributed by atoms with Gasteiger partial charge in [-0.15, -0.1) is 0 Å². The number of nitrogens with one attached hydrogen (secondary N) is 4. The Hall–Kier alpha value is -2.19. The normalized spacial score (nSPS) is 47.9. The number of urea groups is 3. The summed E-state index contributed by atoms with van der Waals surface area (Å²) in [5.74, 6) is 4.42. The summed E-state index contributed by atoms with van der Waals surface area (Å²) in [6.45, 7) is 0. The van der Waals surface area contributed by atoms with E-state index in [0.717, 1.165) is 74.0 Å². The van der Waals surface area contributed by atoms with Crippen molar-refractivity contribution >= 4 is 18.1 Å². The van der Waals surface area contributed by atoms with E-state index in [0.29, 0.717) is 0 Å². The topological polar surface area (TPSA) is 106 Å². The summed E-state index contributed by atoms with van der Waals surface area (Å²) < 4.78 is 0. The van der Waals surface area contributed by atoms with E-state index in [9.17, 15) is 14.4 Å². The maximum Gasteiger partial charge on any atom is 0.323 e. The third kappa shape index (κ3) is 3.74. The minimum Gasteiger partial charge on any atom is -0.333 e. The van der Waals surface area contributed by atoms with Crippen LogP contribution in [-0.2, 0) is 0 Å². The van der Waals surface area contributed by atoms with E-state index in [2.05, 4.69) is 21.3 Å². The number of carbonyl (C=O) groups is 3. The molecule has 6 amide bonds. The van der Waals surface area contributed by atoms with Crippen molar-refractivity contribution in [2.75, 3.05) is 14.1 Å². The average Bonchev–Trinajstić information content (AvgIpc) is 2.95. The highest BCUT2D eigenvalue weighted by molar-refractivity contribution is 5.82. The summed E-state index contributed by atoms with van der Waals surface area (Å²) >= 11 is 0. The molecule has 198 valence electrons. The number of carbonyl (C=O) groups excluding carboxylic acids is 3. The third-order valence-corrected chi connectivity index (χ3v) is 11.1. The molecule has 36 heavy (non-hydrogen) atoms. The lowest BCUT2D eigenvalue weighted by Crippen LogP contribution is -2.66. The second kappa shape index (κ2) is 7.90. The second-order valence-corrected chi connectivity index (χ2v) is 14.0. The molecule has 8 aliphatic carbocycles. The first-order chi connectivity index (χ1) is 17.2. The Morgan fingerprint density at radius 1 is 0.611 bits per heavy atom. The number of hydrogen-bond donors (Lipinski definition) is 4. The zero-order valence-electron chi connectivity index (χ0n) is 21.7. The molecule has 9 rings (SSSR count). The molecule has 0 aromatic carbocycles. The number of hydrogen-bond acceptors (Lipinski definition) is 3. The molecule has 1 heterocycles. The van der Waals surface area contributed by atoms with Crippen molar-refractivity contribution in [3.63, 3.8) is 0 Å². The van der Waals surface area contributed by atoms with E-state index in [-0.39, 0.29) is 29.2 Å². The molecule has 2 atom stereocenters. The summed E-state index contributed by atoms with van der Waals surface area (Å²) in [7, 11) is 3.38. The van der Waals surface area contributed by atoms with Gasteiger partial charge in [-0.1, -0.05) is 0 Å². The maximum absolute atomic E-state index is 13.3. The summed E-state index contributed by atoms with van der Waals surface area (Å²) in [4.78, 5) is 42.4. The van der Waals surface area contributed by atoms with Crippen LogP contribution < -0.4 is 21.3 Å². The number of nitrogens with zero attached hydrogens (tertiary/aromatic N) is 2. The van der Waals surface area contributed by atoms with Crippen LogP contribution in [0, 0.1) is 35.5 Å². The Morgan fingerprint density at radius 2 is 0.889 bits per heavy atom. The highest BCUT2D eigenvalue weighted by Gasteiger charge is 2.54. The van der Waals surface area contributed by atoms with Gasteiger partial charge in [-0.05, 0) is 113 Å². The molecule has 9 aliphatic rings. The van der Waals surface area contributed by atoms with Crippen molar-refractivity contribution in [1.29, 1.82) is 0 Å². The van der Waals surface area contributed by atoms with Crippen LogP contribution in [0.1, 0.15) is 77.0 Å². The predicted octanol–water partition coefficient (Wildman–Crippen LogP) is 3.17. The van der Waals surface area contributed by atoms with Gasteiger partial charge in [-0.3, -0.25) is 0 Å². The van der Waals surface area contributed by atoms with Crippen molar-refractivity contribution in [3.05, 3.63) is 0 Å². The van der Waals surface area contributed by atoms with E-state index < -0.39 is 12.3 Å². The van der Waals surface area contributed by atoms with Gasteiger partial charge in [-0.2, -0.15) is 0 Å². The predicted molar refractivity (Wildman–Crippen MR) is 134 cm³/mol. The minimum absolute atomic E-state index is 0.106. The molecule has 4 N–H and O–H groups in total. The van der Waals surface area contributed by atoms with Crippen LogP contribution in [-0.4, -0.2) is 65.4 Å². The molecule has 0 aromatic rings. The highest BCUT2D eigenvalue weighted by atomic mass is 16.2. The Bertz CT molecular complexity index is 823. The lowest BCUT2D eigenvalue weighted by molar-refractivity contribution is -0.0148. The monoisotopic (exact) mass is 498 g/mol. The fraction of sp³-hybridized carbons (Fsp3) is 0.889. The Morgan fingerprint density at radius 3 is 1.17 bits per heavy atom. The number of amides is 6. The molecule has 1 aliphatic heterocycles. The van der Waals surface area contributed by atoms with Gasteiger partial charge in [0.15, 0.2) is 0 Å². The molecule has 0 spiro atoms. The molecule has 0 radical (unpaired) electrons. The van der Waals surface area contributed by atoms with Gasteiger partial charge in [-0.25, -0.2) is 14.4 Å². The second-order valence-electron chi connectivity index (χ2n) is 14.0. The van der Waals surface area contributed by atoms with E-state index in [4.69, 9.17) is 0 Å². The molecule has 8 saturated carbocycles. The first kappa shape index (κ1) is 23.0. The Kier molecular flexibility index (Phi) is 5.04. The largest absolute Gasteiger partial charge is 0.333 e. The van der Waals surface area contributed by atoms with Crippen LogP contribution in [0.5, 0.6) is 0 Å². The smallest absolute Gasteiger partial charge is 0.323 e. The standard InChI is InChI=1S/C27H42N6O3/c1-32-21(28-23(34)30-26-9-15-3-16(10-26)5-17(4-15)11-26)22(33(2)25(32)36)29-24(35)31-27-12-18-6-19(13-27)8-20(7-18)14-27/h15-22H,3-14H2,1-2H3,(H2,28,30,34)(H2,29,31,35)/t15?,16?,17?,18?,19?,20?,21-,22-,26?,27?/m1/s1. The van der Waals surface area contributed by atoms with E-state index in [1.54, 1.807) is 14.1 Å². The summed E-state index contributed by atoms with van der Waals surface area (Å²) in [5, 5.41) is 12.8. The maximum atomic E-state index is 13.3. The molecule has 9 fully saturated rings. The zero-order valence-corrected chi connectivity index (χ0v) is 21.7. The number of rotatable bonds is 4. The lowest BCUT2D eigenvalue weighted by atomic mass is 9.53. The third-order valence-electron chi connectivity index (χ3n) is 11.1. The molecule has 8 bridgehead atoms. The van der Waals surface area contributed by atoms with Gasteiger partial charge in [0, 0.05) is 25.2 Å². The highest BCUT2D eigenvalue weighted by Crippen LogP contribution is 2.56. The van der Waals surface area contributed by atoms with Crippen LogP contribution in [0.3, 0.4) is 0 Å². The van der Waals surface area contributed by atoms with E-state index >= 15 is 0 Å². The van der Waals surface area contributed by atoms with Crippen molar-refractivity contribution in [1.82, 2.24) is 31.1 Å². The van der Waals surface area contributed by atoms with Crippen LogP contribution in [0.25, 0.3) is 0 Å². The van der Waals surface area contributed by atoms with E-state index in [1.807, 2.05) is 0 Å². The van der Waals surface area contributed by atoms with Crippen molar-refractivity contribution in [2.45, 2.75) is 100 Å². The van der Waals surface area contributed by atoms with Gasteiger partial charge in [0.25, 0.3) is 0 Å².